The summed E-state index contributed by atoms with van der Waals surface area (Å²) in [6, 6.07) is 7.76. The van der Waals surface area contributed by atoms with Gasteiger partial charge in [-0.2, -0.15) is 5.10 Å². The van der Waals surface area contributed by atoms with Crippen molar-refractivity contribution < 1.29 is 0 Å². The van der Waals surface area contributed by atoms with E-state index in [-0.39, 0.29) is 5.41 Å². The summed E-state index contributed by atoms with van der Waals surface area (Å²) >= 11 is 8.26. The predicted octanol–water partition coefficient (Wildman–Crippen LogP) is 4.07. The smallest absolute Gasteiger partial charge is 0.135 e. The van der Waals surface area contributed by atoms with Gasteiger partial charge < -0.3 is 5.73 Å². The second kappa shape index (κ2) is 5.32. The van der Waals surface area contributed by atoms with Gasteiger partial charge >= 0.3 is 0 Å². The van der Waals surface area contributed by atoms with E-state index in [1.807, 2.05) is 28.9 Å². The first-order chi connectivity index (χ1) is 8.79. The Morgan fingerprint density at radius 3 is 2.58 bits per heavy atom. The Morgan fingerprint density at radius 1 is 1.37 bits per heavy atom. The molecule has 102 valence electrons. The highest BCUT2D eigenvalue weighted by molar-refractivity contribution is 14.1. The Kier molecular flexibility index (Phi) is 4.11. The molecule has 2 aromatic rings. The van der Waals surface area contributed by atoms with E-state index < -0.39 is 0 Å². The molecule has 5 heteroatoms. The van der Waals surface area contributed by atoms with Gasteiger partial charge in [-0.25, -0.2) is 4.68 Å². The highest BCUT2D eigenvalue weighted by atomic mass is 127. The van der Waals surface area contributed by atoms with Crippen LogP contribution in [-0.2, 0) is 12.0 Å². The minimum Gasteiger partial charge on any atom is -0.383 e. The number of anilines is 1. The molecule has 0 spiro atoms. The van der Waals surface area contributed by atoms with Gasteiger partial charge in [0, 0.05) is 10.4 Å². The molecule has 2 N–H and O–H groups in total. The quantitative estimate of drug-likeness (QED) is 0.787. The molecule has 0 saturated heterocycles. The number of nitrogens with two attached hydrogens (primary N) is 1. The van der Waals surface area contributed by atoms with Gasteiger partial charge in [0.25, 0.3) is 0 Å². The van der Waals surface area contributed by atoms with Gasteiger partial charge in [-0.15, -0.1) is 0 Å². The van der Waals surface area contributed by atoms with E-state index in [0.717, 1.165) is 19.9 Å². The van der Waals surface area contributed by atoms with Crippen LogP contribution in [0.3, 0.4) is 0 Å². The molecule has 0 aliphatic heterocycles. The maximum absolute atomic E-state index is 6.15. The van der Waals surface area contributed by atoms with Crippen molar-refractivity contribution in [1.29, 1.82) is 0 Å². The first-order valence-electron chi connectivity index (χ1n) is 6.06. The fourth-order valence-electron chi connectivity index (χ4n) is 1.86. The van der Waals surface area contributed by atoms with Gasteiger partial charge in [-0.05, 0) is 40.3 Å². The van der Waals surface area contributed by atoms with Gasteiger partial charge in [0.15, 0.2) is 0 Å². The molecule has 0 atom stereocenters. The third kappa shape index (κ3) is 3.23. The maximum atomic E-state index is 6.15. The first-order valence-corrected chi connectivity index (χ1v) is 7.51. The van der Waals surface area contributed by atoms with Gasteiger partial charge in [-0.3, -0.25) is 0 Å². The van der Waals surface area contributed by atoms with Crippen molar-refractivity contribution in [2.75, 3.05) is 5.73 Å². The second-order valence-corrected chi connectivity index (χ2v) is 7.10. The van der Waals surface area contributed by atoms with E-state index in [4.69, 9.17) is 17.3 Å². The Balaban J connectivity index is 2.37. The summed E-state index contributed by atoms with van der Waals surface area (Å²) in [6.45, 7) is 7.06. The van der Waals surface area contributed by atoms with Crippen molar-refractivity contribution in [1.82, 2.24) is 9.78 Å². The lowest BCUT2D eigenvalue weighted by Crippen LogP contribution is -2.14. The van der Waals surface area contributed by atoms with Crippen molar-refractivity contribution in [2.45, 2.75) is 32.7 Å². The molecular formula is C14H17ClIN3. The zero-order valence-electron chi connectivity index (χ0n) is 11.2. The largest absolute Gasteiger partial charge is 0.383 e. The topological polar surface area (TPSA) is 43.8 Å². The molecule has 0 saturated carbocycles. The van der Waals surface area contributed by atoms with Crippen LogP contribution in [-0.4, -0.2) is 9.78 Å². The molecule has 1 aromatic heterocycles. The molecule has 0 amide bonds. The van der Waals surface area contributed by atoms with E-state index >= 15 is 0 Å². The van der Waals surface area contributed by atoms with E-state index in [1.165, 1.54) is 0 Å². The number of aromatic nitrogens is 2. The minimum atomic E-state index is -0.00970. The summed E-state index contributed by atoms with van der Waals surface area (Å²) in [5.74, 6) is 0.713. The number of hydrogen-bond donors (Lipinski definition) is 1. The third-order valence-corrected chi connectivity index (χ3v) is 4.16. The Bertz CT molecular complexity index is 599. The van der Waals surface area contributed by atoms with E-state index in [9.17, 15) is 0 Å². The lowest BCUT2D eigenvalue weighted by molar-refractivity contribution is 0.544. The lowest BCUT2D eigenvalue weighted by Gasteiger charge is -2.15. The molecule has 0 radical (unpaired) electrons. The van der Waals surface area contributed by atoms with Crippen LogP contribution in [0.1, 0.15) is 32.0 Å². The Morgan fingerprint density at radius 2 is 2.05 bits per heavy atom. The minimum absolute atomic E-state index is 0.00970. The lowest BCUT2D eigenvalue weighted by atomic mass is 9.92. The van der Waals surface area contributed by atoms with E-state index in [2.05, 4.69) is 48.5 Å². The van der Waals surface area contributed by atoms with Crippen LogP contribution < -0.4 is 5.73 Å². The molecule has 0 fully saturated rings. The van der Waals surface area contributed by atoms with Gasteiger partial charge in [-0.1, -0.05) is 44.5 Å². The summed E-state index contributed by atoms with van der Waals surface area (Å²) in [6.07, 6.45) is 0. The fourth-order valence-corrected chi connectivity index (χ4v) is 3.27. The van der Waals surface area contributed by atoms with Crippen LogP contribution in [0.15, 0.2) is 24.3 Å². The highest BCUT2D eigenvalue weighted by Crippen LogP contribution is 2.30. The van der Waals surface area contributed by atoms with Crippen molar-refractivity contribution in [3.05, 3.63) is 44.1 Å². The molecular weight excluding hydrogens is 373 g/mol. The number of rotatable bonds is 2. The second-order valence-electron chi connectivity index (χ2n) is 5.59. The zero-order chi connectivity index (χ0) is 14.2. The predicted molar refractivity (Wildman–Crippen MR) is 88.6 cm³/mol. The van der Waals surface area contributed by atoms with Gasteiger partial charge in [0.05, 0.1) is 15.8 Å². The summed E-state index contributed by atoms with van der Waals surface area (Å²) in [5, 5.41) is 5.38. The van der Waals surface area contributed by atoms with Crippen molar-refractivity contribution in [3.63, 3.8) is 0 Å². The van der Waals surface area contributed by atoms with Crippen LogP contribution in [0, 0.1) is 3.57 Å². The molecule has 0 unspecified atom stereocenters. The normalized spacial score (nSPS) is 11.8. The zero-order valence-corrected chi connectivity index (χ0v) is 14.2. The third-order valence-electron chi connectivity index (χ3n) is 2.86. The van der Waals surface area contributed by atoms with E-state index in [0.29, 0.717) is 12.4 Å². The van der Waals surface area contributed by atoms with Crippen molar-refractivity contribution >= 4 is 40.0 Å². The molecule has 0 aliphatic carbocycles. The Labute approximate surface area is 132 Å². The highest BCUT2D eigenvalue weighted by Gasteiger charge is 2.24. The van der Waals surface area contributed by atoms with E-state index in [1.54, 1.807) is 0 Å². The molecule has 1 aromatic carbocycles. The average molecular weight is 390 g/mol. The van der Waals surface area contributed by atoms with Crippen LogP contribution in [0.5, 0.6) is 0 Å². The molecule has 19 heavy (non-hydrogen) atoms. The monoisotopic (exact) mass is 389 g/mol. The van der Waals surface area contributed by atoms with Crippen LogP contribution >= 0.6 is 34.2 Å². The maximum Gasteiger partial charge on any atom is 0.135 e. The number of nitrogens with zero attached hydrogens (tertiary/aromatic N) is 2. The summed E-state index contributed by atoms with van der Waals surface area (Å²) in [7, 11) is 0. The molecule has 3 nitrogen and oxygen atoms in total. The molecule has 2 rings (SSSR count). The van der Waals surface area contributed by atoms with Crippen LogP contribution in [0.25, 0.3) is 0 Å². The number of benzene rings is 1. The van der Waals surface area contributed by atoms with Crippen molar-refractivity contribution in [3.8, 4) is 0 Å². The van der Waals surface area contributed by atoms with Gasteiger partial charge in [0.2, 0.25) is 0 Å². The fraction of sp³-hybridized carbons (Fsp3) is 0.357. The number of nitrogen functional groups attached to an aromatic ring is 1. The first kappa shape index (κ1) is 14.7. The molecule has 1 heterocycles. The Hall–Kier alpha value is -0.750. The summed E-state index contributed by atoms with van der Waals surface area (Å²) in [4.78, 5) is 0. The van der Waals surface area contributed by atoms with Crippen LogP contribution in [0.4, 0.5) is 5.82 Å². The number of hydrogen-bond acceptors (Lipinski definition) is 2. The SMILES string of the molecule is CC(C)(C)c1nn(Cc2cccc(Cl)c2)c(N)c1I. The number of halogens is 2. The van der Waals surface area contributed by atoms with Crippen molar-refractivity contribution in [2.24, 2.45) is 0 Å². The summed E-state index contributed by atoms with van der Waals surface area (Å²) in [5.41, 5.74) is 8.27. The average Bonchev–Trinajstić information content (AvgIpc) is 2.57. The molecule has 0 bridgehead atoms. The van der Waals surface area contributed by atoms with Gasteiger partial charge in [0.1, 0.15) is 5.82 Å². The standard InChI is InChI=1S/C14H17ClIN3/c1-14(2,3)12-11(16)13(17)19(18-12)8-9-5-4-6-10(15)7-9/h4-7H,8,17H2,1-3H3. The van der Waals surface area contributed by atoms with Crippen LogP contribution in [0.2, 0.25) is 5.02 Å². The molecule has 0 aliphatic rings. The summed E-state index contributed by atoms with van der Waals surface area (Å²) < 4.78 is 2.88.